The lowest BCUT2D eigenvalue weighted by atomic mass is 9.91. The lowest BCUT2D eigenvalue weighted by Crippen LogP contribution is -2.40. The fourth-order valence-electron chi connectivity index (χ4n) is 4.68. The number of nitrogens with zero attached hydrogens (tertiary/aromatic N) is 1. The van der Waals surface area contributed by atoms with Crippen molar-refractivity contribution in [2.45, 2.75) is 64.1 Å². The number of Topliss-reactive ketones (excluding diaryl/α,β-unsaturated/α-hetero) is 1. The quantitative estimate of drug-likeness (QED) is 0.348. The number of halogens is 1. The van der Waals surface area contributed by atoms with Gasteiger partial charge in [0.2, 0.25) is 0 Å². The number of hydrogen-bond donors (Lipinski definition) is 1. The van der Waals surface area contributed by atoms with Gasteiger partial charge in [-0.05, 0) is 68.7 Å². The predicted octanol–water partition coefficient (Wildman–Crippen LogP) is 5.88. The maximum absolute atomic E-state index is 13.2. The fraction of sp³-hybridized carbons (Fsp3) is 0.385. The van der Waals surface area contributed by atoms with Crippen molar-refractivity contribution in [1.29, 1.82) is 0 Å². The Bertz CT molecular complexity index is 1020. The first-order valence-electron chi connectivity index (χ1n) is 11.2. The molecule has 0 radical (unpaired) electrons. The van der Waals surface area contributed by atoms with Crippen molar-refractivity contribution in [2.75, 3.05) is 0 Å². The number of hydrogen-bond acceptors (Lipinski definition) is 4. The minimum Gasteiger partial charge on any atom is -0.507 e. The Morgan fingerprint density at radius 3 is 2.22 bits per heavy atom. The highest BCUT2D eigenvalue weighted by Gasteiger charge is 2.48. The monoisotopic (exact) mass is 453 g/mol. The van der Waals surface area contributed by atoms with Crippen molar-refractivity contribution in [3.63, 3.8) is 0 Å². The molecule has 2 aromatic rings. The number of carbonyl (C=O) groups is 2. The van der Waals surface area contributed by atoms with Crippen molar-refractivity contribution >= 4 is 29.1 Å². The standard InChI is InChI=1S/C26H28ClNO4/c1-16(2)32-21-14-10-18(11-15-21)24(29)22-23(17-8-12-19(27)13-9-17)28(26(31)25(22)30)20-6-4-3-5-7-20/h8-16,20,23,29H,3-7H2,1-2H3/b24-22-. The lowest BCUT2D eigenvalue weighted by Gasteiger charge is -2.35. The van der Waals surface area contributed by atoms with Gasteiger partial charge < -0.3 is 14.7 Å². The zero-order valence-corrected chi connectivity index (χ0v) is 19.1. The van der Waals surface area contributed by atoms with Gasteiger partial charge in [-0.3, -0.25) is 9.59 Å². The first kappa shape index (κ1) is 22.4. The summed E-state index contributed by atoms with van der Waals surface area (Å²) in [6.45, 7) is 3.87. The Hall–Kier alpha value is -2.79. The van der Waals surface area contributed by atoms with Crippen LogP contribution in [0.1, 0.15) is 63.1 Å². The summed E-state index contributed by atoms with van der Waals surface area (Å²) in [5, 5.41) is 11.8. The van der Waals surface area contributed by atoms with Crippen LogP contribution in [0.3, 0.4) is 0 Å². The second-order valence-electron chi connectivity index (χ2n) is 8.74. The molecule has 0 aromatic heterocycles. The summed E-state index contributed by atoms with van der Waals surface area (Å²) in [6, 6.07) is 13.4. The molecule has 0 spiro atoms. The van der Waals surface area contributed by atoms with Crippen LogP contribution >= 0.6 is 11.6 Å². The van der Waals surface area contributed by atoms with Gasteiger partial charge in [0.15, 0.2) is 0 Å². The SMILES string of the molecule is CC(C)Oc1ccc(/C(O)=C2/C(=O)C(=O)N(C3CCCCC3)C2c2ccc(Cl)cc2)cc1. The summed E-state index contributed by atoms with van der Waals surface area (Å²) in [5.74, 6) is -0.681. The summed E-state index contributed by atoms with van der Waals surface area (Å²) >= 11 is 6.09. The second-order valence-corrected chi connectivity index (χ2v) is 9.18. The average Bonchev–Trinajstić information content (AvgIpc) is 3.05. The van der Waals surface area contributed by atoms with Gasteiger partial charge >= 0.3 is 0 Å². The smallest absolute Gasteiger partial charge is 0.295 e. The van der Waals surface area contributed by atoms with Crippen molar-refractivity contribution in [3.8, 4) is 5.75 Å². The number of aliphatic hydroxyl groups excluding tert-OH is 1. The molecule has 1 saturated heterocycles. The average molecular weight is 454 g/mol. The highest BCUT2D eigenvalue weighted by Crippen LogP contribution is 2.43. The number of likely N-dealkylation sites (tertiary alicyclic amines) is 1. The van der Waals surface area contributed by atoms with E-state index in [0.717, 1.165) is 37.7 Å². The summed E-state index contributed by atoms with van der Waals surface area (Å²) in [6.07, 6.45) is 4.93. The van der Waals surface area contributed by atoms with Crippen molar-refractivity contribution in [1.82, 2.24) is 4.90 Å². The largest absolute Gasteiger partial charge is 0.507 e. The highest BCUT2D eigenvalue weighted by atomic mass is 35.5. The van der Waals surface area contributed by atoms with E-state index in [2.05, 4.69) is 0 Å². The molecule has 4 rings (SSSR count). The lowest BCUT2D eigenvalue weighted by molar-refractivity contribution is -0.141. The van der Waals surface area contributed by atoms with Crippen molar-refractivity contribution in [2.24, 2.45) is 0 Å². The number of benzene rings is 2. The van der Waals surface area contributed by atoms with Crippen LogP contribution in [0, 0.1) is 0 Å². The third-order valence-corrected chi connectivity index (χ3v) is 6.39. The van der Waals surface area contributed by atoms with Gasteiger partial charge in [0.25, 0.3) is 11.7 Å². The Labute approximate surface area is 193 Å². The Morgan fingerprint density at radius 1 is 1.00 bits per heavy atom. The van der Waals surface area contributed by atoms with E-state index in [1.807, 2.05) is 26.0 Å². The van der Waals surface area contributed by atoms with Crippen molar-refractivity contribution < 1.29 is 19.4 Å². The minimum absolute atomic E-state index is 0.0204. The molecule has 1 amide bonds. The van der Waals surface area contributed by atoms with Gasteiger partial charge in [0, 0.05) is 16.6 Å². The highest BCUT2D eigenvalue weighted by molar-refractivity contribution is 6.46. The molecule has 1 heterocycles. The topological polar surface area (TPSA) is 66.8 Å². The fourth-order valence-corrected chi connectivity index (χ4v) is 4.80. The summed E-state index contributed by atoms with van der Waals surface area (Å²) < 4.78 is 5.67. The normalized spacial score (nSPS) is 21.4. The number of rotatable bonds is 5. The van der Waals surface area contributed by atoms with Crippen LogP contribution in [0.2, 0.25) is 5.02 Å². The molecule has 0 bridgehead atoms. The van der Waals surface area contributed by atoms with Crippen molar-refractivity contribution in [3.05, 3.63) is 70.3 Å². The molecular weight excluding hydrogens is 426 g/mol. The molecule has 1 aliphatic heterocycles. The van der Waals surface area contributed by atoms with Gasteiger partial charge in [-0.25, -0.2) is 0 Å². The molecule has 6 heteroatoms. The third kappa shape index (κ3) is 4.40. The number of amides is 1. The van der Waals surface area contributed by atoms with E-state index < -0.39 is 17.7 Å². The van der Waals surface area contributed by atoms with E-state index >= 15 is 0 Å². The Morgan fingerprint density at radius 2 is 1.62 bits per heavy atom. The summed E-state index contributed by atoms with van der Waals surface area (Å²) in [7, 11) is 0. The molecule has 1 saturated carbocycles. The van der Waals surface area contributed by atoms with E-state index in [1.165, 1.54) is 0 Å². The number of carbonyl (C=O) groups excluding carboxylic acids is 2. The van der Waals surface area contributed by atoms with Crippen LogP contribution in [0.4, 0.5) is 0 Å². The van der Waals surface area contributed by atoms with Crippen LogP contribution < -0.4 is 4.74 Å². The zero-order chi connectivity index (χ0) is 22.8. The second kappa shape index (κ2) is 9.37. The molecule has 5 nitrogen and oxygen atoms in total. The molecule has 1 N–H and O–H groups in total. The van der Waals surface area contributed by atoms with E-state index in [1.54, 1.807) is 41.3 Å². The number of aliphatic hydroxyl groups is 1. The van der Waals surface area contributed by atoms with Crippen LogP contribution in [0.5, 0.6) is 5.75 Å². The molecule has 32 heavy (non-hydrogen) atoms. The van der Waals surface area contributed by atoms with Gasteiger partial charge in [-0.2, -0.15) is 0 Å². The van der Waals surface area contributed by atoms with E-state index in [4.69, 9.17) is 16.3 Å². The van der Waals surface area contributed by atoms with Gasteiger partial charge in [0.1, 0.15) is 11.5 Å². The van der Waals surface area contributed by atoms with Crippen LogP contribution in [-0.2, 0) is 9.59 Å². The van der Waals surface area contributed by atoms with Crippen LogP contribution in [0.25, 0.3) is 5.76 Å². The maximum Gasteiger partial charge on any atom is 0.295 e. The Balaban J connectivity index is 1.79. The Kier molecular flexibility index (Phi) is 6.56. The van der Waals surface area contributed by atoms with E-state index in [9.17, 15) is 14.7 Å². The van der Waals surface area contributed by atoms with Gasteiger partial charge in [-0.1, -0.05) is 43.0 Å². The third-order valence-electron chi connectivity index (χ3n) is 6.13. The first-order valence-corrected chi connectivity index (χ1v) is 11.6. The molecule has 1 atom stereocenters. The van der Waals surface area contributed by atoms with Gasteiger partial charge in [0.05, 0.1) is 17.7 Å². The molecule has 1 aliphatic carbocycles. The minimum atomic E-state index is -0.643. The van der Waals surface area contributed by atoms with Crippen LogP contribution in [-0.4, -0.2) is 33.8 Å². The zero-order valence-electron chi connectivity index (χ0n) is 18.4. The van der Waals surface area contributed by atoms with E-state index in [-0.39, 0.29) is 23.5 Å². The summed E-state index contributed by atoms with van der Waals surface area (Å²) in [5.41, 5.74) is 1.36. The molecular formula is C26H28ClNO4. The molecule has 168 valence electrons. The van der Waals surface area contributed by atoms with E-state index in [0.29, 0.717) is 16.3 Å². The number of ether oxygens (including phenoxy) is 1. The van der Waals surface area contributed by atoms with Gasteiger partial charge in [-0.15, -0.1) is 0 Å². The molecule has 2 aromatic carbocycles. The van der Waals surface area contributed by atoms with Crippen LogP contribution in [0.15, 0.2) is 54.1 Å². The predicted molar refractivity (Wildman–Crippen MR) is 125 cm³/mol. The molecule has 2 aliphatic rings. The summed E-state index contributed by atoms with van der Waals surface area (Å²) in [4.78, 5) is 28.0. The number of ketones is 1. The first-order chi connectivity index (χ1) is 15.4. The molecule has 2 fully saturated rings. The molecule has 1 unspecified atom stereocenters. The maximum atomic E-state index is 13.2.